The molecular weight excluding hydrogens is 354 g/mol. The van der Waals surface area contributed by atoms with E-state index >= 15 is 0 Å². The summed E-state index contributed by atoms with van der Waals surface area (Å²) in [4.78, 5) is 25.5. The number of allylic oxidation sites excluding steroid dienone is 1. The number of fused-ring (bicyclic) bond motifs is 2. The molecule has 4 aliphatic rings. The number of hydrogen-bond donors (Lipinski definition) is 3. The van der Waals surface area contributed by atoms with Crippen molar-refractivity contribution >= 4 is 17.4 Å². The summed E-state index contributed by atoms with van der Waals surface area (Å²) in [5.74, 6) is 0.474. The second kappa shape index (κ2) is 6.64. The molecule has 4 saturated carbocycles. The molecule has 5 nitrogen and oxygen atoms in total. The standard InChI is InChI=1S/C23H29NO4/c1-14-13-23-10-6-15(14)12-18(23)22(2,19(27)7-11-23)9-8-20(28)24-21-16(25)4-3-5-17(21)26/h3-5,15,18,25-26H,1,6-13H2,2H3,(H,24,28)/t15?,18?,22-,23+/m0/s1. The smallest absolute Gasteiger partial charge is 0.224 e. The summed E-state index contributed by atoms with van der Waals surface area (Å²) in [6, 6.07) is 4.33. The van der Waals surface area contributed by atoms with Crippen LogP contribution in [-0.4, -0.2) is 21.9 Å². The van der Waals surface area contributed by atoms with Crippen LogP contribution in [0.25, 0.3) is 0 Å². The molecule has 2 unspecified atom stereocenters. The van der Waals surface area contributed by atoms with Gasteiger partial charge in [-0.25, -0.2) is 0 Å². The van der Waals surface area contributed by atoms with Gasteiger partial charge in [-0.15, -0.1) is 0 Å². The third kappa shape index (κ3) is 2.92. The van der Waals surface area contributed by atoms with E-state index in [1.165, 1.54) is 36.6 Å². The van der Waals surface area contributed by atoms with Crippen molar-refractivity contribution in [3.8, 4) is 11.5 Å². The second-order valence-electron chi connectivity index (χ2n) is 9.28. The summed E-state index contributed by atoms with van der Waals surface area (Å²) in [7, 11) is 0. The number of rotatable bonds is 4. The van der Waals surface area contributed by atoms with Crippen LogP contribution in [0.15, 0.2) is 30.4 Å². The molecule has 150 valence electrons. The maximum atomic E-state index is 13.0. The predicted octanol–water partition coefficient (Wildman–Crippen LogP) is 4.55. The maximum Gasteiger partial charge on any atom is 0.224 e. The molecule has 2 bridgehead atoms. The summed E-state index contributed by atoms with van der Waals surface area (Å²) in [6.07, 6.45) is 6.63. The van der Waals surface area contributed by atoms with Gasteiger partial charge >= 0.3 is 0 Å². The number of Topliss-reactive ketones (excluding diaryl/α,β-unsaturated/α-hetero) is 1. The highest BCUT2D eigenvalue weighted by molar-refractivity contribution is 5.94. The lowest BCUT2D eigenvalue weighted by Crippen LogP contribution is -2.56. The van der Waals surface area contributed by atoms with Crippen LogP contribution in [0.4, 0.5) is 5.69 Å². The van der Waals surface area contributed by atoms with Crippen molar-refractivity contribution in [3.05, 3.63) is 30.4 Å². The lowest BCUT2D eigenvalue weighted by Gasteiger charge is -2.61. The number of phenolic OH excluding ortho intramolecular Hbond substituents is 2. The van der Waals surface area contributed by atoms with E-state index in [1.54, 1.807) is 0 Å². The molecule has 0 saturated heterocycles. The van der Waals surface area contributed by atoms with E-state index in [2.05, 4.69) is 18.8 Å². The van der Waals surface area contributed by atoms with Crippen LogP contribution in [0.2, 0.25) is 0 Å². The average Bonchev–Trinajstić information content (AvgIpc) is 2.67. The summed E-state index contributed by atoms with van der Waals surface area (Å²) in [5.41, 5.74) is 1.07. The molecule has 1 amide bonds. The number of carbonyl (C=O) groups excluding carboxylic acids is 2. The number of benzene rings is 1. The van der Waals surface area contributed by atoms with Gasteiger partial charge in [0.1, 0.15) is 23.0 Å². The van der Waals surface area contributed by atoms with Crippen molar-refractivity contribution in [2.45, 2.75) is 58.3 Å². The molecule has 28 heavy (non-hydrogen) atoms. The van der Waals surface area contributed by atoms with Crippen molar-refractivity contribution in [2.75, 3.05) is 5.32 Å². The fraction of sp³-hybridized carbons (Fsp3) is 0.565. The molecule has 0 aromatic heterocycles. The molecule has 5 rings (SSSR count). The van der Waals surface area contributed by atoms with E-state index in [1.807, 2.05) is 0 Å². The first-order chi connectivity index (χ1) is 13.2. The Morgan fingerprint density at radius 2 is 2.00 bits per heavy atom. The Bertz CT molecular complexity index is 827. The van der Waals surface area contributed by atoms with Gasteiger partial charge < -0.3 is 15.5 Å². The van der Waals surface area contributed by atoms with Crippen LogP contribution in [0, 0.1) is 22.7 Å². The number of nitrogens with one attached hydrogen (secondary N) is 1. The molecule has 1 aromatic carbocycles. The first-order valence-electron chi connectivity index (χ1n) is 10.3. The maximum absolute atomic E-state index is 13.0. The van der Waals surface area contributed by atoms with Crippen LogP contribution in [0.1, 0.15) is 58.3 Å². The van der Waals surface area contributed by atoms with Crippen LogP contribution in [0.3, 0.4) is 0 Å². The minimum Gasteiger partial charge on any atom is -0.506 e. The minimum absolute atomic E-state index is 0.0251. The zero-order chi connectivity index (χ0) is 20.1. The second-order valence-corrected chi connectivity index (χ2v) is 9.28. The SMILES string of the molecule is C=C1C[C@@]23CCC(=O)[C@@](C)(CCC(=O)Nc4c(O)cccc4O)C2CC1CC3. The van der Waals surface area contributed by atoms with Crippen molar-refractivity contribution in [2.24, 2.45) is 22.7 Å². The van der Waals surface area contributed by atoms with Crippen LogP contribution in [0.5, 0.6) is 11.5 Å². The molecule has 1 spiro atoms. The van der Waals surface area contributed by atoms with Gasteiger partial charge in [-0.1, -0.05) is 25.1 Å². The lowest BCUT2D eigenvalue weighted by molar-refractivity contribution is -0.152. The van der Waals surface area contributed by atoms with Gasteiger partial charge in [0.25, 0.3) is 0 Å². The van der Waals surface area contributed by atoms with Crippen molar-refractivity contribution in [1.29, 1.82) is 0 Å². The van der Waals surface area contributed by atoms with Gasteiger partial charge in [0, 0.05) is 18.3 Å². The van der Waals surface area contributed by atoms with Gasteiger partial charge in [-0.2, -0.15) is 0 Å². The molecule has 5 heteroatoms. The Balaban J connectivity index is 1.49. The van der Waals surface area contributed by atoms with E-state index in [-0.39, 0.29) is 40.7 Å². The van der Waals surface area contributed by atoms with Crippen molar-refractivity contribution in [3.63, 3.8) is 0 Å². The third-order valence-corrected chi connectivity index (χ3v) is 7.82. The Morgan fingerprint density at radius 1 is 1.29 bits per heavy atom. The van der Waals surface area contributed by atoms with Crippen LogP contribution in [-0.2, 0) is 9.59 Å². The molecule has 0 radical (unpaired) electrons. The highest BCUT2D eigenvalue weighted by atomic mass is 16.3. The van der Waals surface area contributed by atoms with Crippen LogP contribution < -0.4 is 5.32 Å². The molecule has 0 heterocycles. The Labute approximate surface area is 165 Å². The molecular formula is C23H29NO4. The number of aromatic hydroxyl groups is 2. The van der Waals surface area contributed by atoms with E-state index in [4.69, 9.17) is 0 Å². The summed E-state index contributed by atoms with van der Waals surface area (Å²) < 4.78 is 0. The number of ketones is 1. The molecule has 1 aromatic rings. The lowest BCUT2D eigenvalue weighted by atomic mass is 9.42. The fourth-order valence-corrected chi connectivity index (χ4v) is 6.18. The molecule has 4 fully saturated rings. The summed E-state index contributed by atoms with van der Waals surface area (Å²) >= 11 is 0. The topological polar surface area (TPSA) is 86.6 Å². The predicted molar refractivity (Wildman–Crippen MR) is 107 cm³/mol. The van der Waals surface area contributed by atoms with Gasteiger partial charge in [0.15, 0.2) is 0 Å². The zero-order valence-corrected chi connectivity index (χ0v) is 16.5. The van der Waals surface area contributed by atoms with Crippen LogP contribution >= 0.6 is 0 Å². The van der Waals surface area contributed by atoms with Crippen molar-refractivity contribution in [1.82, 2.24) is 0 Å². The number of anilines is 1. The molecule has 4 atom stereocenters. The third-order valence-electron chi connectivity index (χ3n) is 7.82. The van der Waals surface area contributed by atoms with Gasteiger partial charge in [0.05, 0.1) is 0 Å². The van der Waals surface area contributed by atoms with Gasteiger partial charge in [-0.05, 0) is 67.9 Å². The molecule has 3 N–H and O–H groups in total. The highest BCUT2D eigenvalue weighted by Crippen LogP contribution is 2.66. The number of amides is 1. The average molecular weight is 383 g/mol. The summed E-state index contributed by atoms with van der Waals surface area (Å²) in [5, 5.41) is 22.3. The highest BCUT2D eigenvalue weighted by Gasteiger charge is 2.59. The van der Waals surface area contributed by atoms with E-state index in [0.717, 1.165) is 19.3 Å². The summed E-state index contributed by atoms with van der Waals surface area (Å²) in [6.45, 7) is 6.34. The number of hydrogen-bond acceptors (Lipinski definition) is 4. The number of phenols is 2. The fourth-order valence-electron chi connectivity index (χ4n) is 6.18. The molecule has 0 aliphatic heterocycles. The number of carbonyl (C=O) groups is 2. The monoisotopic (exact) mass is 383 g/mol. The quantitative estimate of drug-likeness (QED) is 0.526. The van der Waals surface area contributed by atoms with Crippen molar-refractivity contribution < 1.29 is 19.8 Å². The van der Waals surface area contributed by atoms with E-state index in [9.17, 15) is 19.8 Å². The van der Waals surface area contributed by atoms with Gasteiger partial charge in [0.2, 0.25) is 5.91 Å². The Kier molecular flexibility index (Phi) is 4.52. The Hall–Kier alpha value is -2.30. The zero-order valence-electron chi connectivity index (χ0n) is 16.5. The van der Waals surface area contributed by atoms with E-state index < -0.39 is 5.41 Å². The Morgan fingerprint density at radius 3 is 2.68 bits per heavy atom. The minimum atomic E-state index is -0.490. The number of para-hydroxylation sites is 1. The normalized spacial score (nSPS) is 34.2. The van der Waals surface area contributed by atoms with Gasteiger partial charge in [-0.3, -0.25) is 9.59 Å². The first kappa shape index (κ1) is 19.0. The van der Waals surface area contributed by atoms with E-state index in [0.29, 0.717) is 24.7 Å². The molecule has 4 aliphatic carbocycles. The first-order valence-corrected chi connectivity index (χ1v) is 10.3. The largest absolute Gasteiger partial charge is 0.506 e.